The molecule has 0 aliphatic carbocycles. The number of fused-ring (bicyclic) bond motifs is 1. The third kappa shape index (κ3) is 1.57. The van der Waals surface area contributed by atoms with Gasteiger partial charge < -0.3 is 0 Å². The minimum absolute atomic E-state index is 0.655. The Balaban J connectivity index is 2.35. The fourth-order valence-corrected chi connectivity index (χ4v) is 2.30. The molecule has 0 N–H and O–H groups in total. The molecule has 0 amide bonds. The zero-order valence-electron chi connectivity index (χ0n) is 9.59. The Bertz CT molecular complexity index is 352. The van der Waals surface area contributed by atoms with E-state index in [1.807, 2.05) is 0 Å². The maximum absolute atomic E-state index is 2.52. The van der Waals surface area contributed by atoms with Crippen LogP contribution >= 0.6 is 0 Å². The fourth-order valence-electron chi connectivity index (χ4n) is 2.30. The first-order valence-electron chi connectivity index (χ1n) is 5.41. The monoisotopic (exact) mass is 189 g/mol. The lowest BCUT2D eigenvalue weighted by molar-refractivity contribution is 0.227. The van der Waals surface area contributed by atoms with Gasteiger partial charge in [-0.2, -0.15) is 0 Å². The number of benzene rings is 1. The van der Waals surface area contributed by atoms with Gasteiger partial charge in [0, 0.05) is 19.1 Å². The molecular weight excluding hydrogens is 170 g/mol. The van der Waals surface area contributed by atoms with Crippen LogP contribution in [0.5, 0.6) is 0 Å². The smallest absolute Gasteiger partial charge is 0.0245 e. The van der Waals surface area contributed by atoms with Gasteiger partial charge in [-0.05, 0) is 44.4 Å². The second-order valence-electron chi connectivity index (χ2n) is 4.72. The maximum Gasteiger partial charge on any atom is 0.0245 e. The first-order chi connectivity index (χ1) is 6.58. The molecule has 1 aliphatic heterocycles. The van der Waals surface area contributed by atoms with Crippen molar-refractivity contribution in [2.75, 3.05) is 0 Å². The van der Waals surface area contributed by atoms with Gasteiger partial charge in [0.05, 0.1) is 0 Å². The Kier molecular flexibility index (Phi) is 2.36. The van der Waals surface area contributed by atoms with Gasteiger partial charge in [0.15, 0.2) is 0 Å². The molecule has 0 saturated heterocycles. The lowest BCUT2D eigenvalue weighted by Crippen LogP contribution is -2.24. The average Bonchev–Trinajstić information content (AvgIpc) is 2.47. The zero-order valence-corrected chi connectivity index (χ0v) is 9.59. The highest BCUT2D eigenvalue weighted by molar-refractivity contribution is 5.40. The summed E-state index contributed by atoms with van der Waals surface area (Å²) in [6, 6.07) is 5.29. The van der Waals surface area contributed by atoms with E-state index < -0.39 is 0 Å². The fraction of sp³-hybridized carbons (Fsp3) is 0.538. The number of hydrogen-bond acceptors (Lipinski definition) is 1. The first-order valence-corrected chi connectivity index (χ1v) is 5.41. The molecule has 0 atom stereocenters. The van der Waals surface area contributed by atoms with Crippen LogP contribution in [0.4, 0.5) is 0 Å². The van der Waals surface area contributed by atoms with E-state index in [2.05, 4.69) is 44.7 Å². The van der Waals surface area contributed by atoms with Crippen LogP contribution in [0.25, 0.3) is 0 Å². The molecule has 1 aromatic carbocycles. The van der Waals surface area contributed by atoms with E-state index in [0.717, 1.165) is 13.1 Å². The van der Waals surface area contributed by atoms with Gasteiger partial charge in [-0.25, -0.2) is 0 Å². The highest BCUT2D eigenvalue weighted by atomic mass is 15.2. The minimum Gasteiger partial charge on any atom is -0.292 e. The van der Waals surface area contributed by atoms with Gasteiger partial charge in [0.25, 0.3) is 0 Å². The third-order valence-electron chi connectivity index (χ3n) is 3.17. The standard InChI is InChI=1S/C13H19N/c1-9(2)14-7-12-6-10(3)5-11(4)13(12)8-14/h5-6,9H,7-8H2,1-4H3. The molecule has 0 radical (unpaired) electrons. The molecule has 1 nitrogen and oxygen atoms in total. The van der Waals surface area contributed by atoms with Gasteiger partial charge in [0.1, 0.15) is 0 Å². The van der Waals surface area contributed by atoms with Crippen molar-refractivity contribution in [3.63, 3.8) is 0 Å². The molecule has 0 bridgehead atoms. The number of hydrogen-bond donors (Lipinski definition) is 0. The van der Waals surface area contributed by atoms with Crippen molar-refractivity contribution in [1.29, 1.82) is 0 Å². The average molecular weight is 189 g/mol. The maximum atomic E-state index is 2.52. The Morgan fingerprint density at radius 3 is 2.50 bits per heavy atom. The van der Waals surface area contributed by atoms with Crippen molar-refractivity contribution < 1.29 is 0 Å². The van der Waals surface area contributed by atoms with Crippen molar-refractivity contribution in [3.05, 3.63) is 34.4 Å². The normalized spacial score (nSPS) is 16.4. The Morgan fingerprint density at radius 2 is 1.86 bits per heavy atom. The van der Waals surface area contributed by atoms with Crippen LogP contribution in [0.3, 0.4) is 0 Å². The summed E-state index contributed by atoms with van der Waals surface area (Å²) in [7, 11) is 0. The number of rotatable bonds is 1. The third-order valence-corrected chi connectivity index (χ3v) is 3.17. The zero-order chi connectivity index (χ0) is 10.3. The van der Waals surface area contributed by atoms with Gasteiger partial charge >= 0.3 is 0 Å². The summed E-state index contributed by atoms with van der Waals surface area (Å²) in [5.41, 5.74) is 5.95. The van der Waals surface area contributed by atoms with Gasteiger partial charge in [0.2, 0.25) is 0 Å². The summed E-state index contributed by atoms with van der Waals surface area (Å²) in [5, 5.41) is 0. The van der Waals surface area contributed by atoms with E-state index in [-0.39, 0.29) is 0 Å². The van der Waals surface area contributed by atoms with Gasteiger partial charge in [-0.3, -0.25) is 4.90 Å². The molecule has 1 aromatic rings. The second-order valence-corrected chi connectivity index (χ2v) is 4.72. The summed E-state index contributed by atoms with van der Waals surface area (Å²) < 4.78 is 0. The Morgan fingerprint density at radius 1 is 1.14 bits per heavy atom. The Hall–Kier alpha value is -0.820. The van der Waals surface area contributed by atoms with Crippen molar-refractivity contribution in [1.82, 2.24) is 4.90 Å². The van der Waals surface area contributed by atoms with Crippen molar-refractivity contribution in [2.45, 2.75) is 46.8 Å². The van der Waals surface area contributed by atoms with Crippen molar-refractivity contribution in [2.24, 2.45) is 0 Å². The molecule has 0 saturated carbocycles. The lowest BCUT2D eigenvalue weighted by atomic mass is 10.0. The van der Waals surface area contributed by atoms with E-state index in [0.29, 0.717) is 6.04 Å². The number of aryl methyl sites for hydroxylation is 2. The highest BCUT2D eigenvalue weighted by Gasteiger charge is 2.22. The van der Waals surface area contributed by atoms with E-state index in [9.17, 15) is 0 Å². The quantitative estimate of drug-likeness (QED) is 0.656. The summed E-state index contributed by atoms with van der Waals surface area (Å²) in [6.45, 7) is 11.2. The molecule has 1 heterocycles. The number of nitrogens with zero attached hydrogens (tertiary/aromatic N) is 1. The summed E-state index contributed by atoms with van der Waals surface area (Å²) in [6.07, 6.45) is 0. The molecular formula is C13H19N. The largest absolute Gasteiger partial charge is 0.292 e. The van der Waals surface area contributed by atoms with Crippen LogP contribution in [-0.4, -0.2) is 10.9 Å². The van der Waals surface area contributed by atoms with E-state index in [4.69, 9.17) is 0 Å². The SMILES string of the molecule is Cc1cc(C)c2c(c1)CN(C(C)C)C2. The molecule has 0 unspecified atom stereocenters. The first kappa shape index (κ1) is 9.72. The minimum atomic E-state index is 0.655. The molecule has 1 heteroatoms. The van der Waals surface area contributed by atoms with E-state index >= 15 is 0 Å². The van der Waals surface area contributed by atoms with Crippen LogP contribution in [0.2, 0.25) is 0 Å². The lowest BCUT2D eigenvalue weighted by Gasteiger charge is -2.19. The topological polar surface area (TPSA) is 3.24 Å². The molecule has 0 aromatic heterocycles. The van der Waals surface area contributed by atoms with Crippen LogP contribution in [-0.2, 0) is 13.1 Å². The molecule has 14 heavy (non-hydrogen) atoms. The van der Waals surface area contributed by atoms with Crippen LogP contribution in [0, 0.1) is 13.8 Å². The highest BCUT2D eigenvalue weighted by Crippen LogP contribution is 2.28. The summed E-state index contributed by atoms with van der Waals surface area (Å²) in [5.74, 6) is 0. The van der Waals surface area contributed by atoms with Crippen LogP contribution < -0.4 is 0 Å². The summed E-state index contributed by atoms with van der Waals surface area (Å²) in [4.78, 5) is 2.52. The van der Waals surface area contributed by atoms with Crippen LogP contribution in [0.1, 0.15) is 36.1 Å². The predicted octanol–water partition coefficient (Wildman–Crippen LogP) is 3.03. The van der Waals surface area contributed by atoms with Crippen molar-refractivity contribution >= 4 is 0 Å². The van der Waals surface area contributed by atoms with Gasteiger partial charge in [-0.15, -0.1) is 0 Å². The summed E-state index contributed by atoms with van der Waals surface area (Å²) >= 11 is 0. The van der Waals surface area contributed by atoms with Gasteiger partial charge in [-0.1, -0.05) is 17.7 Å². The molecule has 0 spiro atoms. The molecule has 76 valence electrons. The van der Waals surface area contributed by atoms with Crippen molar-refractivity contribution in [3.8, 4) is 0 Å². The van der Waals surface area contributed by atoms with E-state index in [1.165, 1.54) is 16.7 Å². The molecule has 0 fully saturated rings. The van der Waals surface area contributed by atoms with E-state index in [1.54, 1.807) is 5.56 Å². The molecule has 1 aliphatic rings. The Labute approximate surface area is 86.7 Å². The second kappa shape index (κ2) is 3.39. The molecule has 2 rings (SSSR count). The van der Waals surface area contributed by atoms with Crippen LogP contribution in [0.15, 0.2) is 12.1 Å². The predicted molar refractivity (Wildman–Crippen MR) is 60.3 cm³/mol.